The van der Waals surface area contributed by atoms with E-state index in [9.17, 15) is 32.9 Å². The van der Waals surface area contributed by atoms with E-state index in [0.29, 0.717) is 18.6 Å². The molecule has 1 aromatic rings. The van der Waals surface area contributed by atoms with Gasteiger partial charge in [-0.1, -0.05) is 6.92 Å². The topological polar surface area (TPSA) is 98.5 Å². The summed E-state index contributed by atoms with van der Waals surface area (Å²) >= 11 is 0. The molecule has 1 aromatic carbocycles. The number of hydrogen-bond donors (Lipinski definition) is 1. The maximum absolute atomic E-state index is 12.6. The van der Waals surface area contributed by atoms with Gasteiger partial charge in [0.15, 0.2) is 6.61 Å². The van der Waals surface area contributed by atoms with Gasteiger partial charge in [-0.05, 0) is 24.5 Å². The Bertz CT molecular complexity index is 689. The Morgan fingerprint density at radius 1 is 1.42 bits per heavy atom. The summed E-state index contributed by atoms with van der Waals surface area (Å²) in [6, 6.07) is 1.72. The predicted octanol–water partition coefficient (Wildman–Crippen LogP) is 2.75. The number of carbonyl (C=O) groups excluding carboxylic acids is 2. The van der Waals surface area contributed by atoms with Crippen molar-refractivity contribution >= 4 is 23.3 Å². The minimum atomic E-state index is -4.75. The first kappa shape index (κ1) is 17.7. The van der Waals surface area contributed by atoms with Crippen LogP contribution in [-0.4, -0.2) is 23.4 Å². The van der Waals surface area contributed by atoms with Crippen LogP contribution in [0.3, 0.4) is 0 Å². The van der Waals surface area contributed by atoms with Crippen LogP contribution < -0.4 is 5.32 Å². The summed E-state index contributed by atoms with van der Waals surface area (Å²) in [6.45, 7) is 1.18. The van der Waals surface area contributed by atoms with E-state index in [1.54, 1.807) is 0 Å². The van der Waals surface area contributed by atoms with Crippen LogP contribution in [0.15, 0.2) is 18.2 Å². The van der Waals surface area contributed by atoms with E-state index in [4.69, 9.17) is 4.74 Å². The standard InChI is InChI=1S/C14H13F3N2O5/c1-7-4-9(7)13(21)24-6-12(20)18-10-3-2-8(14(15,16)17)5-11(10)19(22)23/h2-3,5,7,9H,4,6H2,1H3,(H,18,20)/t7-,9+/m0/s1. The molecule has 0 saturated heterocycles. The molecule has 1 amide bonds. The van der Waals surface area contributed by atoms with Crippen molar-refractivity contribution in [3.05, 3.63) is 33.9 Å². The molecule has 1 fully saturated rings. The van der Waals surface area contributed by atoms with Crippen molar-refractivity contribution in [3.8, 4) is 0 Å². The van der Waals surface area contributed by atoms with Crippen molar-refractivity contribution in [2.45, 2.75) is 19.5 Å². The van der Waals surface area contributed by atoms with Crippen LogP contribution in [0.25, 0.3) is 0 Å². The third kappa shape index (κ3) is 4.21. The maximum Gasteiger partial charge on any atom is 0.416 e. The van der Waals surface area contributed by atoms with E-state index >= 15 is 0 Å². The van der Waals surface area contributed by atoms with Gasteiger partial charge in [-0.2, -0.15) is 13.2 Å². The van der Waals surface area contributed by atoms with Crippen LogP contribution in [0.5, 0.6) is 0 Å². The fraction of sp³-hybridized carbons (Fsp3) is 0.429. The average molecular weight is 346 g/mol. The summed E-state index contributed by atoms with van der Waals surface area (Å²) in [5.41, 5.74) is -2.52. The molecule has 10 heteroatoms. The van der Waals surface area contributed by atoms with Gasteiger partial charge in [0.25, 0.3) is 11.6 Å². The number of nitro groups is 1. The lowest BCUT2D eigenvalue weighted by Gasteiger charge is -2.10. The molecule has 0 bridgehead atoms. The SMILES string of the molecule is C[C@H]1C[C@H]1C(=O)OCC(=O)Nc1ccc(C(F)(F)F)cc1[N+](=O)[O-]. The fourth-order valence-electron chi connectivity index (χ4n) is 2.05. The van der Waals surface area contributed by atoms with Gasteiger partial charge in [0.05, 0.1) is 16.4 Å². The number of hydrogen-bond acceptors (Lipinski definition) is 5. The molecule has 0 aliphatic heterocycles. The summed E-state index contributed by atoms with van der Waals surface area (Å²) in [5, 5.41) is 13.0. The number of rotatable bonds is 5. The number of nitrogens with zero attached hydrogens (tertiary/aromatic N) is 1. The first-order valence-electron chi connectivity index (χ1n) is 6.91. The largest absolute Gasteiger partial charge is 0.455 e. The van der Waals surface area contributed by atoms with Crippen molar-refractivity contribution in [1.29, 1.82) is 0 Å². The molecule has 7 nitrogen and oxygen atoms in total. The van der Waals surface area contributed by atoms with Crippen molar-refractivity contribution < 1.29 is 32.4 Å². The molecular weight excluding hydrogens is 333 g/mol. The Labute approximate surface area is 133 Å². The van der Waals surface area contributed by atoms with Gasteiger partial charge >= 0.3 is 12.1 Å². The molecule has 0 spiro atoms. The van der Waals surface area contributed by atoms with E-state index in [1.807, 2.05) is 6.92 Å². The minimum absolute atomic E-state index is 0.191. The lowest BCUT2D eigenvalue weighted by Crippen LogP contribution is -2.22. The summed E-state index contributed by atoms with van der Waals surface area (Å²) in [6.07, 6.45) is -4.07. The zero-order valence-electron chi connectivity index (χ0n) is 12.4. The molecule has 130 valence electrons. The predicted molar refractivity (Wildman–Crippen MR) is 75.0 cm³/mol. The van der Waals surface area contributed by atoms with Gasteiger partial charge in [-0.15, -0.1) is 0 Å². The van der Waals surface area contributed by atoms with Gasteiger partial charge in [0, 0.05) is 6.07 Å². The van der Waals surface area contributed by atoms with Gasteiger partial charge in [-0.25, -0.2) is 0 Å². The summed E-state index contributed by atoms with van der Waals surface area (Å²) in [5.74, 6) is -1.48. The third-order valence-corrected chi connectivity index (χ3v) is 3.55. The number of anilines is 1. The number of amides is 1. The third-order valence-electron chi connectivity index (χ3n) is 3.55. The van der Waals surface area contributed by atoms with Crippen LogP contribution in [0.4, 0.5) is 24.5 Å². The molecule has 2 atom stereocenters. The number of benzene rings is 1. The molecular formula is C14H13F3N2O5. The zero-order valence-corrected chi connectivity index (χ0v) is 12.4. The quantitative estimate of drug-likeness (QED) is 0.502. The normalized spacial score (nSPS) is 19.5. The molecule has 0 unspecified atom stereocenters. The van der Waals surface area contributed by atoms with Crippen LogP contribution in [0.1, 0.15) is 18.9 Å². The van der Waals surface area contributed by atoms with Crippen LogP contribution in [0.2, 0.25) is 0 Å². The lowest BCUT2D eigenvalue weighted by molar-refractivity contribution is -0.384. The van der Waals surface area contributed by atoms with Crippen molar-refractivity contribution in [3.63, 3.8) is 0 Å². The van der Waals surface area contributed by atoms with E-state index in [0.717, 1.165) is 6.07 Å². The molecule has 1 aliphatic carbocycles. The molecule has 0 heterocycles. The molecule has 1 saturated carbocycles. The van der Waals surface area contributed by atoms with Crippen LogP contribution in [-0.2, 0) is 20.5 Å². The number of halogens is 3. The molecule has 0 radical (unpaired) electrons. The lowest BCUT2D eigenvalue weighted by atomic mass is 10.1. The number of nitrogens with one attached hydrogen (secondary N) is 1. The second-order valence-corrected chi connectivity index (χ2v) is 5.46. The second kappa shape index (κ2) is 6.46. The maximum atomic E-state index is 12.6. The van der Waals surface area contributed by atoms with E-state index in [-0.39, 0.29) is 11.8 Å². The van der Waals surface area contributed by atoms with Gasteiger partial charge in [0.2, 0.25) is 0 Å². The summed E-state index contributed by atoms with van der Waals surface area (Å²) in [7, 11) is 0. The summed E-state index contributed by atoms with van der Waals surface area (Å²) in [4.78, 5) is 33.0. The van der Waals surface area contributed by atoms with E-state index in [2.05, 4.69) is 5.32 Å². The van der Waals surface area contributed by atoms with Gasteiger partial charge in [-0.3, -0.25) is 19.7 Å². The number of nitro benzene ring substituents is 1. The molecule has 2 rings (SSSR count). The van der Waals surface area contributed by atoms with E-state index < -0.39 is 46.5 Å². The van der Waals surface area contributed by atoms with Crippen molar-refractivity contribution in [2.75, 3.05) is 11.9 Å². The second-order valence-electron chi connectivity index (χ2n) is 5.46. The fourth-order valence-corrected chi connectivity index (χ4v) is 2.05. The Morgan fingerprint density at radius 3 is 2.54 bits per heavy atom. The first-order valence-corrected chi connectivity index (χ1v) is 6.91. The monoisotopic (exact) mass is 346 g/mol. The van der Waals surface area contributed by atoms with Crippen molar-refractivity contribution in [2.24, 2.45) is 11.8 Å². The van der Waals surface area contributed by atoms with Gasteiger partial charge in [0.1, 0.15) is 5.69 Å². The summed E-state index contributed by atoms with van der Waals surface area (Å²) < 4.78 is 42.5. The Hall–Kier alpha value is -2.65. The Balaban J connectivity index is 2.04. The minimum Gasteiger partial charge on any atom is -0.455 e. The highest BCUT2D eigenvalue weighted by atomic mass is 19.4. The Kier molecular flexibility index (Phi) is 4.76. The molecule has 1 aliphatic rings. The Morgan fingerprint density at radius 2 is 2.04 bits per heavy atom. The highest BCUT2D eigenvalue weighted by Crippen LogP contribution is 2.38. The van der Waals surface area contributed by atoms with Crippen molar-refractivity contribution in [1.82, 2.24) is 0 Å². The average Bonchev–Trinajstić information content (AvgIpc) is 3.21. The number of ether oxygens (including phenoxy) is 1. The number of esters is 1. The highest BCUT2D eigenvalue weighted by Gasteiger charge is 2.40. The molecule has 24 heavy (non-hydrogen) atoms. The van der Waals surface area contributed by atoms with Gasteiger partial charge < -0.3 is 10.1 Å². The number of alkyl halides is 3. The molecule has 0 aromatic heterocycles. The zero-order chi connectivity index (χ0) is 18.1. The van der Waals surface area contributed by atoms with Crippen LogP contribution >= 0.6 is 0 Å². The van der Waals surface area contributed by atoms with Crippen LogP contribution in [0, 0.1) is 22.0 Å². The highest BCUT2D eigenvalue weighted by molar-refractivity contribution is 5.95. The molecule has 1 N–H and O–H groups in total. The smallest absolute Gasteiger partial charge is 0.416 e. The number of carbonyl (C=O) groups is 2. The van der Waals surface area contributed by atoms with E-state index in [1.165, 1.54) is 0 Å². The first-order chi connectivity index (χ1) is 11.1.